The maximum Gasteiger partial charge on any atom is 0.0127 e. The summed E-state index contributed by atoms with van der Waals surface area (Å²) in [7, 11) is 0. The van der Waals surface area contributed by atoms with Gasteiger partial charge >= 0.3 is 0 Å². The van der Waals surface area contributed by atoms with Crippen LogP contribution in [0.25, 0.3) is 0 Å². The number of hydrogen-bond acceptors (Lipinski definition) is 1. The van der Waals surface area contributed by atoms with Gasteiger partial charge in [0.25, 0.3) is 0 Å². The van der Waals surface area contributed by atoms with Crippen LogP contribution >= 0.6 is 0 Å². The van der Waals surface area contributed by atoms with Crippen LogP contribution < -0.4 is 5.32 Å². The van der Waals surface area contributed by atoms with Gasteiger partial charge in [-0.2, -0.15) is 0 Å². The van der Waals surface area contributed by atoms with Crippen LogP contribution in [0.4, 0.5) is 0 Å². The van der Waals surface area contributed by atoms with Crippen molar-refractivity contribution in [3.8, 4) is 0 Å². The quantitative estimate of drug-likeness (QED) is 0.782. The van der Waals surface area contributed by atoms with Crippen LogP contribution in [0.1, 0.15) is 72.1 Å². The second-order valence-electron chi connectivity index (χ2n) is 9.56. The molecule has 5 saturated carbocycles. The summed E-state index contributed by atoms with van der Waals surface area (Å²) in [4.78, 5) is 0. The summed E-state index contributed by atoms with van der Waals surface area (Å²) in [6.07, 6.45) is 12.2. The molecule has 0 saturated heterocycles. The molecule has 0 aromatic heterocycles. The zero-order chi connectivity index (χ0) is 14.6. The van der Waals surface area contributed by atoms with Crippen molar-refractivity contribution >= 4 is 0 Å². The Morgan fingerprint density at radius 3 is 2.00 bits per heavy atom. The van der Waals surface area contributed by atoms with Gasteiger partial charge in [0.1, 0.15) is 0 Å². The Hall–Kier alpha value is -0.0400. The fraction of sp³-hybridized carbons (Fsp3) is 1.00. The highest BCUT2D eigenvalue weighted by Gasteiger charge is 2.49. The predicted molar refractivity (Wildman–Crippen MR) is 89.1 cm³/mol. The topological polar surface area (TPSA) is 12.0 Å². The lowest BCUT2D eigenvalue weighted by atomic mass is 9.54. The SMILES string of the molecule is CC1CCC(C(C)C)C(NC2C3CC4CC(C3)CC2C4)C1. The fourth-order valence-corrected chi connectivity index (χ4v) is 6.84. The summed E-state index contributed by atoms with van der Waals surface area (Å²) < 4.78 is 0. The largest absolute Gasteiger partial charge is 0.310 e. The first-order valence-corrected chi connectivity index (χ1v) is 9.86. The summed E-state index contributed by atoms with van der Waals surface area (Å²) in [5, 5.41) is 4.26. The maximum absolute atomic E-state index is 4.26. The molecule has 5 fully saturated rings. The van der Waals surface area contributed by atoms with Gasteiger partial charge < -0.3 is 5.32 Å². The smallest absolute Gasteiger partial charge is 0.0127 e. The minimum Gasteiger partial charge on any atom is -0.310 e. The molecule has 5 aliphatic rings. The Morgan fingerprint density at radius 1 is 0.810 bits per heavy atom. The van der Waals surface area contributed by atoms with E-state index in [-0.39, 0.29) is 0 Å². The second kappa shape index (κ2) is 5.55. The van der Waals surface area contributed by atoms with E-state index in [0.717, 1.165) is 53.5 Å². The highest BCUT2D eigenvalue weighted by atomic mass is 15.0. The summed E-state index contributed by atoms with van der Waals surface area (Å²) >= 11 is 0. The zero-order valence-electron chi connectivity index (χ0n) is 14.4. The van der Waals surface area contributed by atoms with Gasteiger partial charge in [0.2, 0.25) is 0 Å². The van der Waals surface area contributed by atoms with Crippen molar-refractivity contribution in [2.45, 2.75) is 84.2 Å². The minimum atomic E-state index is 0.816. The molecule has 0 spiro atoms. The Kier molecular flexibility index (Phi) is 3.84. The van der Waals surface area contributed by atoms with Gasteiger partial charge in [-0.05, 0) is 86.4 Å². The molecule has 5 aliphatic carbocycles. The minimum absolute atomic E-state index is 0.816. The molecule has 0 aromatic carbocycles. The van der Waals surface area contributed by atoms with E-state index in [1.165, 1.54) is 19.3 Å². The molecule has 5 rings (SSSR count). The van der Waals surface area contributed by atoms with Crippen LogP contribution in [-0.2, 0) is 0 Å². The van der Waals surface area contributed by atoms with Gasteiger partial charge in [0, 0.05) is 12.1 Å². The molecule has 21 heavy (non-hydrogen) atoms. The summed E-state index contributed by atoms with van der Waals surface area (Å²) in [6, 6.07) is 1.70. The van der Waals surface area contributed by atoms with Crippen LogP contribution in [0.3, 0.4) is 0 Å². The molecule has 3 atom stereocenters. The molecule has 0 radical (unpaired) electrons. The van der Waals surface area contributed by atoms with Crippen LogP contribution in [0.5, 0.6) is 0 Å². The van der Waals surface area contributed by atoms with Crippen LogP contribution in [0.2, 0.25) is 0 Å². The third-order valence-corrected chi connectivity index (χ3v) is 7.66. The van der Waals surface area contributed by atoms with Crippen molar-refractivity contribution in [2.24, 2.45) is 41.4 Å². The van der Waals surface area contributed by atoms with E-state index < -0.39 is 0 Å². The van der Waals surface area contributed by atoms with E-state index in [1.54, 1.807) is 32.1 Å². The molecule has 0 heterocycles. The lowest BCUT2D eigenvalue weighted by Crippen LogP contribution is -2.59. The van der Waals surface area contributed by atoms with Crippen LogP contribution in [0.15, 0.2) is 0 Å². The first kappa shape index (κ1) is 14.5. The van der Waals surface area contributed by atoms with Crippen molar-refractivity contribution in [3.05, 3.63) is 0 Å². The van der Waals surface area contributed by atoms with Gasteiger partial charge in [-0.1, -0.05) is 27.2 Å². The summed E-state index contributed by atoms with van der Waals surface area (Å²) in [5.41, 5.74) is 0. The Morgan fingerprint density at radius 2 is 1.43 bits per heavy atom. The molecule has 0 aliphatic heterocycles. The number of rotatable bonds is 3. The molecule has 3 unspecified atom stereocenters. The Labute approximate surface area is 131 Å². The first-order valence-electron chi connectivity index (χ1n) is 9.86. The van der Waals surface area contributed by atoms with Gasteiger partial charge in [-0.15, -0.1) is 0 Å². The fourth-order valence-electron chi connectivity index (χ4n) is 6.84. The van der Waals surface area contributed by atoms with Crippen molar-refractivity contribution in [1.82, 2.24) is 5.32 Å². The third kappa shape index (κ3) is 2.69. The Balaban J connectivity index is 1.46. The molecule has 1 heteroatoms. The highest BCUT2D eigenvalue weighted by Crippen LogP contribution is 2.54. The molecule has 4 bridgehead atoms. The summed E-state index contributed by atoms with van der Waals surface area (Å²) in [5.74, 6) is 7.01. The van der Waals surface area contributed by atoms with Crippen molar-refractivity contribution < 1.29 is 0 Å². The van der Waals surface area contributed by atoms with E-state index in [1.807, 2.05) is 0 Å². The van der Waals surface area contributed by atoms with Crippen molar-refractivity contribution in [3.63, 3.8) is 0 Å². The van der Waals surface area contributed by atoms with Crippen LogP contribution in [0, 0.1) is 41.4 Å². The number of hydrogen-bond donors (Lipinski definition) is 1. The molecule has 120 valence electrons. The number of nitrogens with one attached hydrogen (secondary N) is 1. The van der Waals surface area contributed by atoms with E-state index in [2.05, 4.69) is 26.1 Å². The van der Waals surface area contributed by atoms with E-state index in [0.29, 0.717) is 0 Å². The molecular formula is C20H35N. The Bertz CT molecular complexity index is 346. The van der Waals surface area contributed by atoms with Gasteiger partial charge in [-0.25, -0.2) is 0 Å². The molecule has 1 N–H and O–H groups in total. The van der Waals surface area contributed by atoms with Gasteiger partial charge in [0.05, 0.1) is 0 Å². The molecule has 0 amide bonds. The average Bonchev–Trinajstić information content (AvgIpc) is 2.41. The highest BCUT2D eigenvalue weighted by molar-refractivity contribution is 5.03. The average molecular weight is 290 g/mol. The van der Waals surface area contributed by atoms with E-state index in [4.69, 9.17) is 0 Å². The third-order valence-electron chi connectivity index (χ3n) is 7.66. The van der Waals surface area contributed by atoms with E-state index in [9.17, 15) is 0 Å². The van der Waals surface area contributed by atoms with Gasteiger partial charge in [-0.3, -0.25) is 0 Å². The van der Waals surface area contributed by atoms with Crippen molar-refractivity contribution in [1.29, 1.82) is 0 Å². The predicted octanol–water partition coefficient (Wildman–Crippen LogP) is 4.86. The summed E-state index contributed by atoms with van der Waals surface area (Å²) in [6.45, 7) is 7.38. The van der Waals surface area contributed by atoms with Gasteiger partial charge in [0.15, 0.2) is 0 Å². The van der Waals surface area contributed by atoms with Crippen LogP contribution in [-0.4, -0.2) is 12.1 Å². The molecular weight excluding hydrogens is 254 g/mol. The lowest BCUT2D eigenvalue weighted by molar-refractivity contribution is -0.0255. The molecule has 1 nitrogen and oxygen atoms in total. The molecule has 0 aromatic rings. The standard InChI is InChI=1S/C20H35N/c1-12(2)18-5-4-13(3)6-19(18)21-20-16-8-14-7-15(10-16)11-17(20)9-14/h12-21H,4-11H2,1-3H3. The monoisotopic (exact) mass is 289 g/mol. The lowest BCUT2D eigenvalue weighted by Gasteiger charge is -2.56. The normalized spacial score (nSPS) is 52.6. The first-order chi connectivity index (χ1) is 10.1. The maximum atomic E-state index is 4.26. The second-order valence-corrected chi connectivity index (χ2v) is 9.56. The zero-order valence-corrected chi connectivity index (χ0v) is 14.4. The van der Waals surface area contributed by atoms with E-state index >= 15 is 0 Å². The van der Waals surface area contributed by atoms with Crippen molar-refractivity contribution in [2.75, 3.05) is 0 Å².